The van der Waals surface area contributed by atoms with Crippen LogP contribution in [0.5, 0.6) is 11.5 Å². The lowest BCUT2D eigenvalue weighted by Gasteiger charge is -2.16. The van der Waals surface area contributed by atoms with Crippen LogP contribution in [0.3, 0.4) is 0 Å². The van der Waals surface area contributed by atoms with E-state index in [4.69, 9.17) is 13.9 Å². The van der Waals surface area contributed by atoms with Crippen LogP contribution in [0.2, 0.25) is 0 Å². The molecule has 5 aromatic carbocycles. The molecule has 1 atom stereocenters. The molecule has 0 aliphatic carbocycles. The maximum absolute atomic E-state index is 13.8. The summed E-state index contributed by atoms with van der Waals surface area (Å²) in [5, 5.41) is 4.90. The number of thioether (sulfide) groups is 1. The number of fused-ring (bicyclic) bond motifs is 1. The van der Waals surface area contributed by atoms with Gasteiger partial charge in [0.1, 0.15) is 11.2 Å². The standard InChI is InChI=1S/C41H32N4O7S/c1-50-34-17-8-12-27(37(34)51-2)22-32(43-38(47)25-10-4-3-5-11-25)39(48)42-28-13-9-14-30(23-28)53-35-24-36(46)45(41(35)49)29-20-18-26(19-21-29)40-44-31-15-6-7-16-33(31)52-40/h3-23,35H,24H2,1-2H3,(H,42,48)(H,43,47). The number of oxazole rings is 1. The third kappa shape index (κ3) is 7.53. The SMILES string of the molecule is COc1cccc(C=C(NC(=O)c2ccccc2)C(=O)Nc2cccc(SC3CC(=O)N(c4ccc(-c5nc6ccccc6o5)cc4)C3=O)c2)c1OC. The number of rotatable bonds is 11. The second-order valence-corrected chi connectivity index (χ2v) is 13.1. The summed E-state index contributed by atoms with van der Waals surface area (Å²) in [5.74, 6) is -0.451. The van der Waals surface area contributed by atoms with Gasteiger partial charge in [-0.25, -0.2) is 9.88 Å². The zero-order valence-corrected chi connectivity index (χ0v) is 29.4. The second-order valence-electron chi connectivity index (χ2n) is 11.9. The van der Waals surface area contributed by atoms with E-state index in [0.717, 1.165) is 5.52 Å². The molecule has 0 spiro atoms. The Morgan fingerprint density at radius 2 is 1.62 bits per heavy atom. The Balaban J connectivity index is 1.07. The van der Waals surface area contributed by atoms with Gasteiger partial charge in [-0.3, -0.25) is 19.2 Å². The van der Waals surface area contributed by atoms with Crippen molar-refractivity contribution in [3.8, 4) is 23.0 Å². The molecule has 6 aromatic rings. The van der Waals surface area contributed by atoms with Gasteiger partial charge in [-0.05, 0) is 78.9 Å². The van der Waals surface area contributed by atoms with Crippen molar-refractivity contribution >= 4 is 63.9 Å². The Labute approximate surface area is 308 Å². The van der Waals surface area contributed by atoms with E-state index in [1.165, 1.54) is 37.0 Å². The Hall–Kier alpha value is -6.66. The molecule has 2 heterocycles. The predicted molar refractivity (Wildman–Crippen MR) is 203 cm³/mol. The normalized spacial score (nSPS) is 14.3. The first-order chi connectivity index (χ1) is 25.8. The predicted octanol–water partition coefficient (Wildman–Crippen LogP) is 7.35. The Kier molecular flexibility index (Phi) is 10.0. The smallest absolute Gasteiger partial charge is 0.272 e. The summed E-state index contributed by atoms with van der Waals surface area (Å²) >= 11 is 1.23. The summed E-state index contributed by atoms with van der Waals surface area (Å²) in [6.07, 6.45) is 1.51. The van der Waals surface area contributed by atoms with Crippen molar-refractivity contribution in [2.75, 3.05) is 24.4 Å². The first kappa shape index (κ1) is 34.8. The van der Waals surface area contributed by atoms with Crippen LogP contribution in [0.15, 0.2) is 136 Å². The van der Waals surface area contributed by atoms with Gasteiger partial charge in [0.15, 0.2) is 17.1 Å². The molecule has 1 saturated heterocycles. The summed E-state index contributed by atoms with van der Waals surface area (Å²) in [6.45, 7) is 0. The van der Waals surface area contributed by atoms with Gasteiger partial charge in [-0.15, -0.1) is 11.8 Å². The highest BCUT2D eigenvalue weighted by atomic mass is 32.2. The van der Waals surface area contributed by atoms with Crippen LogP contribution in [0.4, 0.5) is 11.4 Å². The van der Waals surface area contributed by atoms with E-state index in [1.54, 1.807) is 97.1 Å². The minimum absolute atomic E-state index is 0.00768. The van der Waals surface area contributed by atoms with Crippen LogP contribution in [-0.4, -0.2) is 48.1 Å². The van der Waals surface area contributed by atoms with Crippen molar-refractivity contribution in [3.05, 3.63) is 138 Å². The van der Waals surface area contributed by atoms with Gasteiger partial charge in [0, 0.05) is 33.7 Å². The number of benzene rings is 5. The molecule has 11 nitrogen and oxygen atoms in total. The number of para-hydroxylation sites is 3. The van der Waals surface area contributed by atoms with Crippen LogP contribution in [-0.2, 0) is 14.4 Å². The molecule has 0 bridgehead atoms. The molecule has 1 unspecified atom stereocenters. The van der Waals surface area contributed by atoms with Crippen LogP contribution in [0.1, 0.15) is 22.3 Å². The molecule has 264 valence electrons. The number of imide groups is 1. The molecular weight excluding hydrogens is 693 g/mol. The van der Waals surface area contributed by atoms with Gasteiger partial charge in [0.25, 0.3) is 11.8 Å². The number of aromatic nitrogens is 1. The Morgan fingerprint density at radius 1 is 0.868 bits per heavy atom. The van der Waals surface area contributed by atoms with Gasteiger partial charge in [0.05, 0.1) is 25.2 Å². The summed E-state index contributed by atoms with van der Waals surface area (Å²) < 4.78 is 16.8. The Bertz CT molecular complexity index is 2340. The number of hydrogen-bond donors (Lipinski definition) is 2. The molecule has 1 aliphatic rings. The van der Waals surface area contributed by atoms with E-state index in [2.05, 4.69) is 15.6 Å². The monoisotopic (exact) mass is 724 g/mol. The van der Waals surface area contributed by atoms with Crippen molar-refractivity contribution in [1.82, 2.24) is 10.3 Å². The maximum atomic E-state index is 13.8. The number of anilines is 2. The number of amides is 4. The summed E-state index contributed by atoms with van der Waals surface area (Å²) in [7, 11) is 2.99. The highest BCUT2D eigenvalue weighted by Gasteiger charge is 2.40. The lowest BCUT2D eigenvalue weighted by atomic mass is 10.1. The molecular formula is C41H32N4O7S. The van der Waals surface area contributed by atoms with Crippen molar-refractivity contribution in [3.63, 3.8) is 0 Å². The fourth-order valence-electron chi connectivity index (χ4n) is 5.85. The molecule has 53 heavy (non-hydrogen) atoms. The van der Waals surface area contributed by atoms with E-state index < -0.39 is 17.1 Å². The largest absolute Gasteiger partial charge is 0.493 e. The van der Waals surface area contributed by atoms with E-state index >= 15 is 0 Å². The molecule has 12 heteroatoms. The van der Waals surface area contributed by atoms with E-state index in [1.807, 2.05) is 24.3 Å². The number of methoxy groups -OCH3 is 2. The number of nitrogens with zero attached hydrogens (tertiary/aromatic N) is 2. The van der Waals surface area contributed by atoms with E-state index in [9.17, 15) is 19.2 Å². The highest BCUT2D eigenvalue weighted by Crippen LogP contribution is 2.36. The van der Waals surface area contributed by atoms with Crippen LogP contribution in [0.25, 0.3) is 28.6 Å². The van der Waals surface area contributed by atoms with Gasteiger partial charge in [-0.1, -0.05) is 48.5 Å². The zero-order valence-electron chi connectivity index (χ0n) is 28.6. The van der Waals surface area contributed by atoms with Gasteiger partial charge >= 0.3 is 0 Å². The number of hydrogen-bond acceptors (Lipinski definition) is 9. The van der Waals surface area contributed by atoms with Gasteiger partial charge in [0.2, 0.25) is 17.7 Å². The second kappa shape index (κ2) is 15.3. The van der Waals surface area contributed by atoms with E-state index in [0.29, 0.717) is 55.9 Å². The molecule has 7 rings (SSSR count). The molecule has 0 saturated carbocycles. The van der Waals surface area contributed by atoms with Crippen LogP contribution in [0, 0.1) is 0 Å². The summed E-state index contributed by atoms with van der Waals surface area (Å²) in [5.41, 5.74) is 3.82. The summed E-state index contributed by atoms with van der Waals surface area (Å²) in [6, 6.07) is 35.1. The quantitative estimate of drug-likeness (QED) is 0.104. The van der Waals surface area contributed by atoms with Crippen molar-refractivity contribution in [1.29, 1.82) is 0 Å². The molecule has 1 aromatic heterocycles. The van der Waals surface area contributed by atoms with Crippen LogP contribution < -0.4 is 25.0 Å². The summed E-state index contributed by atoms with van der Waals surface area (Å²) in [4.78, 5) is 60.0. The van der Waals surface area contributed by atoms with Crippen molar-refractivity contribution in [2.45, 2.75) is 16.6 Å². The fourth-order valence-corrected chi connectivity index (χ4v) is 6.96. The number of ether oxygens (including phenoxy) is 2. The zero-order chi connectivity index (χ0) is 36.9. The lowest BCUT2D eigenvalue weighted by Crippen LogP contribution is -2.31. The molecule has 2 N–H and O–H groups in total. The first-order valence-electron chi connectivity index (χ1n) is 16.5. The number of carbonyl (C=O) groups excluding carboxylic acids is 4. The van der Waals surface area contributed by atoms with Crippen LogP contribution >= 0.6 is 11.8 Å². The minimum Gasteiger partial charge on any atom is -0.493 e. The molecule has 1 aliphatic heterocycles. The first-order valence-corrected chi connectivity index (χ1v) is 17.4. The molecule has 1 fully saturated rings. The third-order valence-corrected chi connectivity index (χ3v) is 9.58. The topological polar surface area (TPSA) is 140 Å². The highest BCUT2D eigenvalue weighted by molar-refractivity contribution is 8.00. The van der Waals surface area contributed by atoms with E-state index in [-0.39, 0.29) is 23.9 Å². The minimum atomic E-state index is -0.675. The Morgan fingerprint density at radius 3 is 2.38 bits per heavy atom. The third-order valence-electron chi connectivity index (χ3n) is 8.40. The molecule has 4 amide bonds. The fraction of sp³-hybridized carbons (Fsp3) is 0.0976. The average Bonchev–Trinajstić information content (AvgIpc) is 3.74. The molecule has 0 radical (unpaired) electrons. The maximum Gasteiger partial charge on any atom is 0.272 e. The number of nitrogens with one attached hydrogen (secondary N) is 2. The van der Waals surface area contributed by atoms with Crippen molar-refractivity contribution < 1.29 is 33.1 Å². The lowest BCUT2D eigenvalue weighted by molar-refractivity contribution is -0.121. The van der Waals surface area contributed by atoms with Gasteiger partial charge < -0.3 is 24.5 Å². The number of carbonyl (C=O) groups is 4. The average molecular weight is 725 g/mol. The van der Waals surface area contributed by atoms with Gasteiger partial charge in [-0.2, -0.15) is 0 Å². The van der Waals surface area contributed by atoms with Crippen molar-refractivity contribution in [2.24, 2.45) is 0 Å².